The highest BCUT2D eigenvalue weighted by atomic mass is 79.9. The first-order valence-corrected chi connectivity index (χ1v) is 6.36. The quantitative estimate of drug-likeness (QED) is 0.861. The predicted octanol–water partition coefficient (Wildman–Crippen LogP) is 3.20. The number of carbonyl (C=O) groups is 1. The molecule has 3 nitrogen and oxygen atoms in total. The van der Waals surface area contributed by atoms with Gasteiger partial charge in [-0.25, -0.2) is 0 Å². The number of anilines is 1. The molecular formula is C11H14Br2N2O. The van der Waals surface area contributed by atoms with Gasteiger partial charge in [-0.15, -0.1) is 0 Å². The SMILES string of the molecule is Cc1cc(Br)c(NC(=O)C(C)(C)N)c(Br)c1. The van der Waals surface area contributed by atoms with E-state index in [2.05, 4.69) is 37.2 Å². The molecule has 16 heavy (non-hydrogen) atoms. The minimum Gasteiger partial charge on any atom is -0.323 e. The number of nitrogens with one attached hydrogen (secondary N) is 1. The zero-order valence-corrected chi connectivity index (χ0v) is 12.6. The van der Waals surface area contributed by atoms with Crippen LogP contribution in [0.5, 0.6) is 0 Å². The molecule has 0 aliphatic heterocycles. The molecule has 0 saturated carbocycles. The summed E-state index contributed by atoms with van der Waals surface area (Å²) in [6.45, 7) is 5.31. The van der Waals surface area contributed by atoms with Gasteiger partial charge in [-0.05, 0) is 70.3 Å². The largest absolute Gasteiger partial charge is 0.323 e. The van der Waals surface area contributed by atoms with E-state index >= 15 is 0 Å². The van der Waals surface area contributed by atoms with E-state index in [1.807, 2.05) is 19.1 Å². The lowest BCUT2D eigenvalue weighted by atomic mass is 10.1. The fraction of sp³-hybridized carbons (Fsp3) is 0.364. The molecule has 88 valence electrons. The van der Waals surface area contributed by atoms with Crippen LogP contribution < -0.4 is 11.1 Å². The summed E-state index contributed by atoms with van der Waals surface area (Å²) in [5, 5.41) is 2.79. The number of nitrogens with two attached hydrogens (primary N) is 1. The molecule has 0 aliphatic carbocycles. The van der Waals surface area contributed by atoms with Crippen molar-refractivity contribution in [1.82, 2.24) is 0 Å². The van der Waals surface area contributed by atoms with Crippen molar-refractivity contribution in [2.45, 2.75) is 26.3 Å². The monoisotopic (exact) mass is 348 g/mol. The van der Waals surface area contributed by atoms with Crippen molar-refractivity contribution in [3.63, 3.8) is 0 Å². The number of aryl methyl sites for hydroxylation is 1. The maximum atomic E-state index is 11.7. The van der Waals surface area contributed by atoms with Crippen molar-refractivity contribution in [3.05, 3.63) is 26.6 Å². The van der Waals surface area contributed by atoms with Crippen molar-refractivity contribution in [1.29, 1.82) is 0 Å². The maximum absolute atomic E-state index is 11.7. The molecule has 0 unspecified atom stereocenters. The summed E-state index contributed by atoms with van der Waals surface area (Å²) in [7, 11) is 0. The predicted molar refractivity (Wildman–Crippen MR) is 73.5 cm³/mol. The normalized spacial score (nSPS) is 11.4. The molecule has 0 heterocycles. The Hall–Kier alpha value is -0.390. The summed E-state index contributed by atoms with van der Waals surface area (Å²) in [4.78, 5) is 11.7. The molecule has 0 bridgehead atoms. The second-order valence-electron chi connectivity index (χ2n) is 4.28. The third-order valence-corrected chi connectivity index (χ3v) is 3.26. The Kier molecular flexibility index (Phi) is 4.15. The fourth-order valence-corrected chi connectivity index (χ4v) is 2.71. The number of hydrogen-bond acceptors (Lipinski definition) is 2. The Morgan fingerprint density at radius 2 is 1.75 bits per heavy atom. The van der Waals surface area contributed by atoms with Gasteiger partial charge in [-0.1, -0.05) is 0 Å². The third-order valence-electron chi connectivity index (χ3n) is 2.01. The Morgan fingerprint density at radius 3 is 2.12 bits per heavy atom. The smallest absolute Gasteiger partial charge is 0.243 e. The second-order valence-corrected chi connectivity index (χ2v) is 5.99. The van der Waals surface area contributed by atoms with E-state index < -0.39 is 5.54 Å². The highest BCUT2D eigenvalue weighted by molar-refractivity contribution is 9.11. The van der Waals surface area contributed by atoms with E-state index in [1.165, 1.54) is 0 Å². The molecule has 3 N–H and O–H groups in total. The minimum absolute atomic E-state index is 0.224. The van der Waals surface area contributed by atoms with Crippen LogP contribution in [0.15, 0.2) is 21.1 Å². The van der Waals surface area contributed by atoms with E-state index in [0.717, 1.165) is 14.5 Å². The molecule has 0 fully saturated rings. The number of hydrogen-bond donors (Lipinski definition) is 2. The number of amides is 1. The van der Waals surface area contributed by atoms with E-state index in [4.69, 9.17) is 5.73 Å². The van der Waals surface area contributed by atoms with Crippen LogP contribution in [0.2, 0.25) is 0 Å². The van der Waals surface area contributed by atoms with Gasteiger partial charge in [0.1, 0.15) is 0 Å². The Bertz CT molecular complexity index is 401. The lowest BCUT2D eigenvalue weighted by Gasteiger charge is -2.19. The van der Waals surface area contributed by atoms with Crippen molar-refractivity contribution < 1.29 is 4.79 Å². The molecule has 1 amide bonds. The summed E-state index contributed by atoms with van der Waals surface area (Å²) in [6, 6.07) is 3.87. The van der Waals surface area contributed by atoms with E-state index in [0.29, 0.717) is 5.69 Å². The van der Waals surface area contributed by atoms with Crippen LogP contribution in [0.1, 0.15) is 19.4 Å². The Labute approximate surface area is 112 Å². The van der Waals surface area contributed by atoms with E-state index in [9.17, 15) is 4.79 Å². The lowest BCUT2D eigenvalue weighted by Crippen LogP contribution is -2.45. The van der Waals surface area contributed by atoms with Crippen molar-refractivity contribution >= 4 is 43.5 Å². The summed E-state index contributed by atoms with van der Waals surface area (Å²) >= 11 is 6.82. The van der Waals surface area contributed by atoms with Crippen LogP contribution in [0.25, 0.3) is 0 Å². The van der Waals surface area contributed by atoms with Gasteiger partial charge in [0.15, 0.2) is 0 Å². The zero-order chi connectivity index (χ0) is 12.5. The summed E-state index contributed by atoms with van der Waals surface area (Å²) in [5.74, 6) is -0.224. The molecule has 0 aromatic heterocycles. The van der Waals surface area contributed by atoms with Gasteiger partial charge in [-0.3, -0.25) is 4.79 Å². The van der Waals surface area contributed by atoms with Gasteiger partial charge >= 0.3 is 0 Å². The first-order chi connectivity index (χ1) is 7.21. The van der Waals surface area contributed by atoms with Gasteiger partial charge in [0.25, 0.3) is 0 Å². The van der Waals surface area contributed by atoms with E-state index in [1.54, 1.807) is 13.8 Å². The fourth-order valence-electron chi connectivity index (χ4n) is 1.09. The van der Waals surface area contributed by atoms with Crippen LogP contribution in [-0.2, 0) is 4.79 Å². The zero-order valence-electron chi connectivity index (χ0n) is 9.40. The highest BCUT2D eigenvalue weighted by Gasteiger charge is 2.23. The lowest BCUT2D eigenvalue weighted by molar-refractivity contribution is -0.120. The number of benzene rings is 1. The maximum Gasteiger partial charge on any atom is 0.243 e. The van der Waals surface area contributed by atoms with Crippen LogP contribution in [-0.4, -0.2) is 11.4 Å². The number of rotatable bonds is 2. The molecule has 1 aromatic carbocycles. The Balaban J connectivity index is 3.03. The van der Waals surface area contributed by atoms with Gasteiger partial charge in [-0.2, -0.15) is 0 Å². The third kappa shape index (κ3) is 3.30. The molecule has 1 aromatic rings. The molecule has 0 saturated heterocycles. The number of halogens is 2. The molecule has 0 radical (unpaired) electrons. The number of carbonyl (C=O) groups excluding carboxylic acids is 1. The van der Waals surface area contributed by atoms with Crippen molar-refractivity contribution in [2.75, 3.05) is 5.32 Å². The van der Waals surface area contributed by atoms with Gasteiger partial charge in [0, 0.05) is 8.95 Å². The summed E-state index contributed by atoms with van der Waals surface area (Å²) in [6.07, 6.45) is 0. The first kappa shape index (κ1) is 13.7. The standard InChI is InChI=1S/C11H14Br2N2O/c1-6-4-7(12)9(8(13)5-6)15-10(16)11(2,3)14/h4-5H,14H2,1-3H3,(H,15,16). The summed E-state index contributed by atoms with van der Waals surface area (Å²) in [5.41, 5.74) is 6.62. The minimum atomic E-state index is -0.899. The molecule has 0 aliphatic rings. The molecule has 5 heteroatoms. The molecule has 0 spiro atoms. The van der Waals surface area contributed by atoms with Crippen LogP contribution >= 0.6 is 31.9 Å². The molecule has 0 atom stereocenters. The van der Waals surface area contributed by atoms with Crippen LogP contribution in [0.3, 0.4) is 0 Å². The first-order valence-electron chi connectivity index (χ1n) is 4.78. The van der Waals surface area contributed by atoms with Crippen LogP contribution in [0.4, 0.5) is 5.69 Å². The van der Waals surface area contributed by atoms with Gasteiger partial charge < -0.3 is 11.1 Å². The summed E-state index contributed by atoms with van der Waals surface area (Å²) < 4.78 is 1.66. The Morgan fingerprint density at radius 1 is 1.31 bits per heavy atom. The molecular weight excluding hydrogens is 336 g/mol. The topological polar surface area (TPSA) is 55.1 Å². The van der Waals surface area contributed by atoms with Crippen molar-refractivity contribution in [2.24, 2.45) is 5.73 Å². The van der Waals surface area contributed by atoms with Crippen LogP contribution in [0, 0.1) is 6.92 Å². The molecule has 1 rings (SSSR count). The van der Waals surface area contributed by atoms with E-state index in [-0.39, 0.29) is 5.91 Å². The highest BCUT2D eigenvalue weighted by Crippen LogP contribution is 2.32. The van der Waals surface area contributed by atoms with Gasteiger partial charge in [0.05, 0.1) is 11.2 Å². The second kappa shape index (κ2) is 4.85. The van der Waals surface area contributed by atoms with Crippen molar-refractivity contribution in [3.8, 4) is 0 Å². The average Bonchev–Trinajstić information content (AvgIpc) is 2.08. The van der Waals surface area contributed by atoms with Gasteiger partial charge in [0.2, 0.25) is 5.91 Å². The average molecular weight is 350 g/mol.